The van der Waals surface area contributed by atoms with Crippen molar-refractivity contribution in [1.82, 2.24) is 4.98 Å². The molecular formula is C18H27IN4O2S. The Morgan fingerprint density at radius 1 is 1.27 bits per heavy atom. The predicted octanol–water partition coefficient (Wildman–Crippen LogP) is 4.61. The van der Waals surface area contributed by atoms with Crippen molar-refractivity contribution in [2.75, 3.05) is 18.5 Å². The molecule has 8 heteroatoms. The lowest BCUT2D eigenvalue weighted by Gasteiger charge is -2.13. The van der Waals surface area contributed by atoms with Crippen molar-refractivity contribution in [3.63, 3.8) is 0 Å². The van der Waals surface area contributed by atoms with Crippen LogP contribution in [0.4, 0.5) is 5.69 Å². The molecule has 0 radical (unpaired) electrons. The number of hydrogen-bond donors (Lipinski definition) is 2. The highest BCUT2D eigenvalue weighted by molar-refractivity contribution is 14.0. The molecule has 0 aliphatic heterocycles. The van der Waals surface area contributed by atoms with Crippen LogP contribution in [0, 0.1) is 0 Å². The van der Waals surface area contributed by atoms with Gasteiger partial charge in [-0.15, -0.1) is 35.3 Å². The monoisotopic (exact) mass is 490 g/mol. The molecule has 0 unspecified atom stereocenters. The summed E-state index contributed by atoms with van der Waals surface area (Å²) >= 11 is 1.65. The fourth-order valence-electron chi connectivity index (χ4n) is 2.15. The molecule has 0 fully saturated rings. The first-order valence-corrected chi connectivity index (χ1v) is 9.32. The number of benzene rings is 1. The number of hydrogen-bond acceptors (Lipinski definition) is 5. The molecule has 2 aromatic rings. The molecule has 1 aromatic carbocycles. The van der Waals surface area contributed by atoms with Gasteiger partial charge in [-0.1, -0.05) is 13.8 Å². The largest absolute Gasteiger partial charge is 0.494 e. The fraction of sp³-hybridized carbons (Fsp3) is 0.444. The minimum Gasteiger partial charge on any atom is -0.494 e. The van der Waals surface area contributed by atoms with Crippen LogP contribution in [0.15, 0.2) is 28.6 Å². The van der Waals surface area contributed by atoms with E-state index >= 15 is 0 Å². The summed E-state index contributed by atoms with van der Waals surface area (Å²) in [5.74, 6) is 2.20. The molecule has 0 aliphatic carbocycles. The predicted molar refractivity (Wildman–Crippen MR) is 119 cm³/mol. The van der Waals surface area contributed by atoms with E-state index in [9.17, 15) is 0 Å². The number of rotatable bonds is 8. The maximum Gasteiger partial charge on any atom is 0.193 e. The second-order valence-electron chi connectivity index (χ2n) is 5.68. The number of ether oxygens (including phenoxy) is 2. The van der Waals surface area contributed by atoms with E-state index in [4.69, 9.17) is 15.2 Å². The first-order chi connectivity index (χ1) is 12.0. The van der Waals surface area contributed by atoms with Gasteiger partial charge in [-0.2, -0.15) is 0 Å². The van der Waals surface area contributed by atoms with E-state index in [1.54, 1.807) is 11.3 Å². The van der Waals surface area contributed by atoms with Crippen molar-refractivity contribution in [2.45, 2.75) is 40.2 Å². The molecule has 1 aromatic heterocycles. The van der Waals surface area contributed by atoms with Crippen molar-refractivity contribution < 1.29 is 9.47 Å². The highest BCUT2D eigenvalue weighted by Crippen LogP contribution is 2.29. The lowest BCUT2D eigenvalue weighted by molar-refractivity contribution is 0.332. The number of aromatic nitrogens is 1. The van der Waals surface area contributed by atoms with Gasteiger partial charge in [-0.3, -0.25) is 0 Å². The summed E-state index contributed by atoms with van der Waals surface area (Å²) in [6.07, 6.45) is 0. The molecule has 0 saturated heterocycles. The third-order valence-electron chi connectivity index (χ3n) is 3.30. The number of nitrogens with zero attached hydrogens (tertiary/aromatic N) is 2. The Balaban J connectivity index is 0.00000338. The number of nitrogens with two attached hydrogens (primary N) is 1. The molecule has 0 amide bonds. The summed E-state index contributed by atoms with van der Waals surface area (Å²) in [6.45, 7) is 9.74. The quantitative estimate of drug-likeness (QED) is 0.321. The van der Waals surface area contributed by atoms with E-state index in [1.807, 2.05) is 37.4 Å². The molecule has 0 spiro atoms. The average molecular weight is 490 g/mol. The van der Waals surface area contributed by atoms with Gasteiger partial charge in [-0.25, -0.2) is 9.98 Å². The summed E-state index contributed by atoms with van der Waals surface area (Å²) in [5.41, 5.74) is 7.68. The second-order valence-corrected chi connectivity index (χ2v) is 6.57. The van der Waals surface area contributed by atoms with Gasteiger partial charge in [0.15, 0.2) is 5.96 Å². The second kappa shape index (κ2) is 11.2. The molecule has 0 aliphatic rings. The van der Waals surface area contributed by atoms with Gasteiger partial charge in [0, 0.05) is 17.4 Å². The standard InChI is InChI=1S/C18H26N4O2S.HI/c1-5-23-14-7-8-16(24-6-2)15(9-14)22-18(19)20-10-13-11-25-17(21-13)12(3)4;/h7-9,11-12H,5-6,10H2,1-4H3,(H3,19,20,22);1H. The zero-order valence-corrected chi connectivity index (χ0v) is 18.8. The van der Waals surface area contributed by atoms with E-state index in [0.717, 1.165) is 22.1 Å². The molecule has 0 saturated carbocycles. The summed E-state index contributed by atoms with van der Waals surface area (Å²) in [6, 6.07) is 5.59. The molecule has 2 rings (SSSR count). The Hall–Kier alpha value is -1.55. The molecule has 0 bridgehead atoms. The van der Waals surface area contributed by atoms with Crippen LogP contribution in [0.2, 0.25) is 0 Å². The normalized spacial score (nSPS) is 11.2. The topological polar surface area (TPSA) is 81.8 Å². The van der Waals surface area contributed by atoms with Gasteiger partial charge in [-0.05, 0) is 26.0 Å². The van der Waals surface area contributed by atoms with Gasteiger partial charge in [0.2, 0.25) is 0 Å². The van der Waals surface area contributed by atoms with Crippen molar-refractivity contribution in [3.05, 3.63) is 34.3 Å². The van der Waals surface area contributed by atoms with Crippen LogP contribution in [0.25, 0.3) is 0 Å². The maximum absolute atomic E-state index is 6.03. The van der Waals surface area contributed by atoms with Gasteiger partial charge in [0.05, 0.1) is 36.1 Å². The Bertz CT molecular complexity index is 719. The van der Waals surface area contributed by atoms with Crippen molar-refractivity contribution in [3.8, 4) is 11.5 Å². The van der Waals surface area contributed by atoms with Crippen LogP contribution < -0.4 is 20.5 Å². The summed E-state index contributed by atoms with van der Waals surface area (Å²) in [5, 5.41) is 6.22. The average Bonchev–Trinajstić information content (AvgIpc) is 3.05. The number of nitrogens with one attached hydrogen (secondary N) is 1. The van der Waals surface area contributed by atoms with Gasteiger partial charge in [0.25, 0.3) is 0 Å². The first-order valence-electron chi connectivity index (χ1n) is 8.44. The third-order valence-corrected chi connectivity index (χ3v) is 4.49. The number of anilines is 1. The van der Waals surface area contributed by atoms with Crippen molar-refractivity contribution in [2.24, 2.45) is 10.7 Å². The molecule has 0 atom stereocenters. The minimum atomic E-state index is 0. The smallest absolute Gasteiger partial charge is 0.193 e. The Morgan fingerprint density at radius 2 is 2.00 bits per heavy atom. The molecule has 6 nitrogen and oxygen atoms in total. The molecular weight excluding hydrogens is 463 g/mol. The van der Waals surface area contributed by atoms with Crippen molar-refractivity contribution in [1.29, 1.82) is 0 Å². The lowest BCUT2D eigenvalue weighted by Crippen LogP contribution is -2.23. The molecule has 26 heavy (non-hydrogen) atoms. The van der Waals surface area contributed by atoms with Crippen LogP contribution in [0.3, 0.4) is 0 Å². The van der Waals surface area contributed by atoms with Crippen LogP contribution >= 0.6 is 35.3 Å². The number of thiazole rings is 1. The Morgan fingerprint density at radius 3 is 2.62 bits per heavy atom. The summed E-state index contributed by atoms with van der Waals surface area (Å²) < 4.78 is 11.2. The molecule has 1 heterocycles. The number of aliphatic imine (C=N–C) groups is 1. The highest BCUT2D eigenvalue weighted by atomic mass is 127. The SMILES string of the molecule is CCOc1ccc(OCC)c(NC(N)=NCc2csc(C(C)C)n2)c1.I. The lowest BCUT2D eigenvalue weighted by atomic mass is 10.2. The van der Waals surface area contributed by atoms with Crippen LogP contribution in [-0.4, -0.2) is 24.2 Å². The van der Waals surface area contributed by atoms with E-state index in [2.05, 4.69) is 29.1 Å². The van der Waals surface area contributed by atoms with Crippen LogP contribution in [0.5, 0.6) is 11.5 Å². The zero-order valence-electron chi connectivity index (χ0n) is 15.6. The van der Waals surface area contributed by atoms with Gasteiger partial charge in [0.1, 0.15) is 11.5 Å². The first kappa shape index (κ1) is 22.5. The van der Waals surface area contributed by atoms with Crippen LogP contribution in [-0.2, 0) is 6.54 Å². The number of guanidine groups is 1. The highest BCUT2D eigenvalue weighted by Gasteiger charge is 2.08. The zero-order chi connectivity index (χ0) is 18.2. The Labute approximate surface area is 176 Å². The third kappa shape index (κ3) is 6.64. The van der Waals surface area contributed by atoms with E-state index < -0.39 is 0 Å². The maximum atomic E-state index is 6.03. The van der Waals surface area contributed by atoms with Crippen molar-refractivity contribution >= 4 is 47.0 Å². The fourth-order valence-corrected chi connectivity index (χ4v) is 2.97. The van der Waals surface area contributed by atoms with Gasteiger partial charge < -0.3 is 20.5 Å². The summed E-state index contributed by atoms with van der Waals surface area (Å²) in [4.78, 5) is 8.93. The van der Waals surface area contributed by atoms with Crippen LogP contribution in [0.1, 0.15) is 44.3 Å². The number of halogens is 1. The summed E-state index contributed by atoms with van der Waals surface area (Å²) in [7, 11) is 0. The van der Waals surface area contributed by atoms with E-state index in [1.165, 1.54) is 0 Å². The molecule has 144 valence electrons. The minimum absolute atomic E-state index is 0. The van der Waals surface area contributed by atoms with E-state index in [-0.39, 0.29) is 24.0 Å². The Kier molecular flexibility index (Phi) is 9.71. The van der Waals surface area contributed by atoms with E-state index in [0.29, 0.717) is 37.4 Å². The molecule has 3 N–H and O–H groups in total. The van der Waals surface area contributed by atoms with Gasteiger partial charge >= 0.3 is 0 Å².